The SMILES string of the molecule is CC(CNS(=O)(=O)c1ccc(F)cc1N)S(C)=O. The number of nitrogens with one attached hydrogen (secondary N) is 1. The number of anilines is 1. The van der Waals surface area contributed by atoms with Crippen molar-refractivity contribution in [2.24, 2.45) is 0 Å². The van der Waals surface area contributed by atoms with Crippen molar-refractivity contribution >= 4 is 26.5 Å². The van der Waals surface area contributed by atoms with Crippen molar-refractivity contribution in [3.05, 3.63) is 24.0 Å². The van der Waals surface area contributed by atoms with Gasteiger partial charge in [-0.3, -0.25) is 4.21 Å². The van der Waals surface area contributed by atoms with Gasteiger partial charge in [-0.15, -0.1) is 0 Å². The van der Waals surface area contributed by atoms with Gasteiger partial charge in [0.2, 0.25) is 10.0 Å². The number of nitrogen functional groups attached to an aromatic ring is 1. The first-order valence-corrected chi connectivity index (χ1v) is 8.21. The normalized spacial score (nSPS) is 15.3. The van der Waals surface area contributed by atoms with Crippen LogP contribution in [0.2, 0.25) is 0 Å². The molecule has 0 saturated heterocycles. The molecular formula is C10H15FN2O3S2. The average Bonchev–Trinajstić information content (AvgIpc) is 2.25. The van der Waals surface area contributed by atoms with Crippen LogP contribution in [0.5, 0.6) is 0 Å². The number of benzene rings is 1. The third-order valence-electron chi connectivity index (χ3n) is 2.39. The topological polar surface area (TPSA) is 89.3 Å². The lowest BCUT2D eigenvalue weighted by molar-refractivity contribution is 0.580. The number of sulfonamides is 1. The molecule has 0 fully saturated rings. The van der Waals surface area contributed by atoms with Gasteiger partial charge in [-0.2, -0.15) is 0 Å². The summed E-state index contributed by atoms with van der Waals surface area (Å²) in [7, 11) is -4.94. The summed E-state index contributed by atoms with van der Waals surface area (Å²) in [5, 5.41) is -0.318. The van der Waals surface area contributed by atoms with Crippen LogP contribution < -0.4 is 10.5 Å². The van der Waals surface area contributed by atoms with Crippen molar-refractivity contribution in [2.75, 3.05) is 18.5 Å². The van der Waals surface area contributed by atoms with E-state index in [9.17, 15) is 17.0 Å². The fraction of sp³-hybridized carbons (Fsp3) is 0.400. The van der Waals surface area contributed by atoms with Crippen LogP contribution in [0.1, 0.15) is 6.92 Å². The van der Waals surface area contributed by atoms with E-state index in [4.69, 9.17) is 5.73 Å². The van der Waals surface area contributed by atoms with Crippen molar-refractivity contribution in [1.82, 2.24) is 4.72 Å². The van der Waals surface area contributed by atoms with E-state index in [1.807, 2.05) is 0 Å². The Balaban J connectivity index is 2.90. The first-order chi connectivity index (χ1) is 8.24. The molecule has 18 heavy (non-hydrogen) atoms. The smallest absolute Gasteiger partial charge is 0.242 e. The molecule has 2 unspecified atom stereocenters. The standard InChI is InChI=1S/C10H15FN2O3S2/c1-7(17(2)14)6-13-18(15,16)10-4-3-8(11)5-9(10)12/h3-5,7,13H,6,12H2,1-2H3. The minimum absolute atomic E-state index is 0.0300. The van der Waals surface area contributed by atoms with Gasteiger partial charge in [-0.1, -0.05) is 0 Å². The highest BCUT2D eigenvalue weighted by atomic mass is 32.2. The first-order valence-electron chi connectivity index (χ1n) is 5.11. The zero-order chi connectivity index (χ0) is 13.9. The molecule has 0 saturated carbocycles. The molecule has 0 spiro atoms. The van der Waals surface area contributed by atoms with E-state index in [-0.39, 0.29) is 22.4 Å². The Morgan fingerprint density at radius 1 is 1.50 bits per heavy atom. The summed E-state index contributed by atoms with van der Waals surface area (Å²) in [6, 6.07) is 3.06. The van der Waals surface area contributed by atoms with Gasteiger partial charge in [0.1, 0.15) is 10.7 Å². The summed E-state index contributed by atoms with van der Waals surface area (Å²) < 4.78 is 50.0. The maximum Gasteiger partial charge on any atom is 0.242 e. The van der Waals surface area contributed by atoms with Gasteiger partial charge < -0.3 is 5.73 Å². The first kappa shape index (κ1) is 15.1. The number of nitrogens with two attached hydrogens (primary N) is 1. The van der Waals surface area contributed by atoms with Crippen LogP contribution in [-0.4, -0.2) is 30.7 Å². The highest BCUT2D eigenvalue weighted by Crippen LogP contribution is 2.18. The summed E-state index contributed by atoms with van der Waals surface area (Å²) in [4.78, 5) is -0.182. The van der Waals surface area contributed by atoms with Crippen molar-refractivity contribution in [3.8, 4) is 0 Å². The van der Waals surface area contributed by atoms with E-state index in [2.05, 4.69) is 4.72 Å². The van der Waals surface area contributed by atoms with Gasteiger partial charge in [0.05, 0.1) is 5.69 Å². The number of hydrogen-bond donors (Lipinski definition) is 2. The largest absolute Gasteiger partial charge is 0.398 e. The Kier molecular flexibility index (Phi) is 4.83. The fourth-order valence-electron chi connectivity index (χ4n) is 1.19. The molecule has 0 aliphatic heterocycles. The molecule has 0 bridgehead atoms. The second-order valence-corrected chi connectivity index (χ2v) is 7.38. The van der Waals surface area contributed by atoms with Gasteiger partial charge in [0, 0.05) is 28.9 Å². The molecule has 2 atom stereocenters. The molecule has 1 rings (SSSR count). The lowest BCUT2D eigenvalue weighted by atomic mass is 10.3. The van der Waals surface area contributed by atoms with Crippen molar-refractivity contribution in [3.63, 3.8) is 0 Å². The van der Waals surface area contributed by atoms with E-state index >= 15 is 0 Å². The summed E-state index contributed by atoms with van der Waals surface area (Å²) >= 11 is 0. The van der Waals surface area contributed by atoms with Crippen LogP contribution in [0.15, 0.2) is 23.1 Å². The molecule has 1 aromatic carbocycles. The van der Waals surface area contributed by atoms with Crippen LogP contribution in [0.25, 0.3) is 0 Å². The number of hydrogen-bond acceptors (Lipinski definition) is 4. The molecule has 8 heteroatoms. The highest BCUT2D eigenvalue weighted by molar-refractivity contribution is 7.89. The minimum atomic E-state index is -3.81. The van der Waals surface area contributed by atoms with Crippen LogP contribution in [-0.2, 0) is 20.8 Å². The van der Waals surface area contributed by atoms with Gasteiger partial charge >= 0.3 is 0 Å². The van der Waals surface area contributed by atoms with Crippen LogP contribution in [0.3, 0.4) is 0 Å². The number of halogens is 1. The van der Waals surface area contributed by atoms with Gasteiger partial charge in [-0.05, 0) is 25.1 Å². The van der Waals surface area contributed by atoms with Crippen molar-refractivity contribution in [1.29, 1.82) is 0 Å². The van der Waals surface area contributed by atoms with E-state index in [0.717, 1.165) is 18.2 Å². The third-order valence-corrected chi connectivity index (χ3v) is 5.19. The molecule has 0 radical (unpaired) electrons. The lowest BCUT2D eigenvalue weighted by Crippen LogP contribution is -2.33. The Morgan fingerprint density at radius 2 is 2.11 bits per heavy atom. The zero-order valence-corrected chi connectivity index (χ0v) is 11.6. The predicted octanol–water partition coefficient (Wildman–Crippen LogP) is 0.453. The minimum Gasteiger partial charge on any atom is -0.398 e. The maximum absolute atomic E-state index is 12.8. The summed E-state index contributed by atoms with van der Waals surface area (Å²) in [6.45, 7) is 1.69. The molecule has 0 aromatic heterocycles. The summed E-state index contributed by atoms with van der Waals surface area (Å²) in [5.74, 6) is -0.602. The van der Waals surface area contributed by atoms with Crippen LogP contribution in [0, 0.1) is 5.82 Å². The molecule has 0 heterocycles. The summed E-state index contributed by atoms with van der Waals surface area (Å²) in [5.41, 5.74) is 5.30. The third kappa shape index (κ3) is 3.76. The van der Waals surface area contributed by atoms with Gasteiger partial charge in [0.15, 0.2) is 0 Å². The highest BCUT2D eigenvalue weighted by Gasteiger charge is 2.19. The average molecular weight is 294 g/mol. The number of rotatable bonds is 5. The van der Waals surface area contributed by atoms with E-state index in [1.54, 1.807) is 6.92 Å². The van der Waals surface area contributed by atoms with Gasteiger partial charge in [-0.25, -0.2) is 17.5 Å². The Morgan fingerprint density at radius 3 is 2.61 bits per heavy atom. The molecule has 0 aliphatic carbocycles. The van der Waals surface area contributed by atoms with E-state index in [1.165, 1.54) is 6.26 Å². The lowest BCUT2D eigenvalue weighted by Gasteiger charge is -2.12. The van der Waals surface area contributed by atoms with Crippen LogP contribution >= 0.6 is 0 Å². The predicted molar refractivity (Wildman–Crippen MR) is 69.5 cm³/mol. The van der Waals surface area contributed by atoms with Crippen molar-refractivity contribution in [2.45, 2.75) is 17.1 Å². The Bertz CT molecular complexity index is 560. The van der Waals surface area contributed by atoms with Crippen LogP contribution in [0.4, 0.5) is 10.1 Å². The zero-order valence-electron chi connectivity index (χ0n) is 10.0. The monoisotopic (exact) mass is 294 g/mol. The van der Waals surface area contributed by atoms with E-state index < -0.39 is 26.6 Å². The molecule has 3 N–H and O–H groups in total. The Labute approximate surface area is 108 Å². The molecule has 102 valence electrons. The van der Waals surface area contributed by atoms with Gasteiger partial charge in [0.25, 0.3) is 0 Å². The second kappa shape index (κ2) is 5.77. The summed E-state index contributed by atoms with van der Waals surface area (Å²) in [6.07, 6.45) is 1.49. The fourth-order valence-corrected chi connectivity index (χ4v) is 2.85. The molecule has 0 amide bonds. The Hall–Kier alpha value is -0.990. The van der Waals surface area contributed by atoms with E-state index in [0.29, 0.717) is 0 Å². The molecular weight excluding hydrogens is 279 g/mol. The quantitative estimate of drug-likeness (QED) is 0.772. The maximum atomic E-state index is 12.8. The molecule has 5 nitrogen and oxygen atoms in total. The molecule has 0 aliphatic rings. The molecule has 1 aromatic rings. The second-order valence-electron chi connectivity index (χ2n) is 3.84. The van der Waals surface area contributed by atoms with Crippen molar-refractivity contribution < 1.29 is 17.0 Å².